The summed E-state index contributed by atoms with van der Waals surface area (Å²) in [5.74, 6) is -1.19. The number of rotatable bonds is 6. The summed E-state index contributed by atoms with van der Waals surface area (Å²) < 4.78 is 0. The van der Waals surface area contributed by atoms with E-state index >= 15 is 0 Å². The van der Waals surface area contributed by atoms with Crippen LogP contribution in [0.1, 0.15) is 27.7 Å². The summed E-state index contributed by atoms with van der Waals surface area (Å²) in [6, 6.07) is 13.6. The van der Waals surface area contributed by atoms with E-state index in [1.54, 1.807) is 42.5 Å². The summed E-state index contributed by atoms with van der Waals surface area (Å²) in [6.45, 7) is 0.183. The molecule has 0 fully saturated rings. The predicted molar refractivity (Wildman–Crippen MR) is 92.6 cm³/mol. The van der Waals surface area contributed by atoms with Crippen molar-refractivity contribution in [2.75, 3.05) is 18.9 Å². The van der Waals surface area contributed by atoms with Gasteiger partial charge < -0.3 is 11.1 Å². The van der Waals surface area contributed by atoms with Crippen molar-refractivity contribution in [1.82, 2.24) is 10.4 Å². The third kappa shape index (κ3) is 3.67. The maximum Gasteiger partial charge on any atom is 0.285 e. The third-order valence-corrected chi connectivity index (χ3v) is 3.72. The summed E-state index contributed by atoms with van der Waals surface area (Å²) >= 11 is 0. The maximum atomic E-state index is 12.1. The molecule has 0 atom stereocenters. The van der Waals surface area contributed by atoms with Crippen LogP contribution in [0.2, 0.25) is 0 Å². The molecule has 2 aromatic rings. The molecule has 0 bridgehead atoms. The first kappa shape index (κ1) is 16.7. The number of carbonyl (C=O) groups is 3. The molecule has 25 heavy (non-hydrogen) atoms. The summed E-state index contributed by atoms with van der Waals surface area (Å²) in [5, 5.41) is 3.40. The fraction of sp³-hybridized carbons (Fsp3) is 0.167. The molecular weight excluding hydrogens is 322 g/mol. The number of nitrogens with zero attached hydrogens (tertiary/aromatic N) is 1. The summed E-state index contributed by atoms with van der Waals surface area (Å²) in [6.07, 6.45) is 0.193. The normalized spacial score (nSPS) is 13.0. The number of hydroxylamine groups is 2. The molecule has 0 aromatic heterocycles. The molecule has 7 nitrogen and oxygen atoms in total. The number of imide groups is 1. The molecule has 0 aliphatic carbocycles. The van der Waals surface area contributed by atoms with Gasteiger partial charge in [0.05, 0.1) is 24.2 Å². The van der Waals surface area contributed by atoms with Crippen LogP contribution in [0.25, 0.3) is 0 Å². The van der Waals surface area contributed by atoms with Gasteiger partial charge in [-0.1, -0.05) is 24.3 Å². The zero-order valence-corrected chi connectivity index (χ0v) is 13.4. The molecule has 1 aliphatic heterocycles. The molecule has 0 radical (unpaired) electrons. The first-order valence-electron chi connectivity index (χ1n) is 7.78. The maximum absolute atomic E-state index is 12.1. The van der Waals surface area contributed by atoms with Gasteiger partial charge in [-0.25, -0.2) is 0 Å². The van der Waals surface area contributed by atoms with Crippen LogP contribution in [-0.2, 0) is 16.1 Å². The Morgan fingerprint density at radius 3 is 2.40 bits per heavy atom. The van der Waals surface area contributed by atoms with E-state index in [-0.39, 0.29) is 26.9 Å². The van der Waals surface area contributed by atoms with Gasteiger partial charge in [0.1, 0.15) is 0 Å². The van der Waals surface area contributed by atoms with Crippen molar-refractivity contribution in [3.8, 4) is 0 Å². The molecule has 1 aliphatic rings. The highest BCUT2D eigenvalue weighted by Gasteiger charge is 2.36. The number of hydrogen-bond donors (Lipinski definition) is 2. The zero-order chi connectivity index (χ0) is 17.8. The second-order valence-electron chi connectivity index (χ2n) is 5.56. The minimum absolute atomic E-state index is 0. The van der Waals surface area contributed by atoms with Crippen LogP contribution in [0.3, 0.4) is 0 Å². The van der Waals surface area contributed by atoms with Crippen molar-refractivity contribution in [3.63, 3.8) is 0 Å². The average molecular weight is 341 g/mol. The Morgan fingerprint density at radius 1 is 1.08 bits per heavy atom. The Hall–Kier alpha value is -3.19. The van der Waals surface area contributed by atoms with E-state index < -0.39 is 11.8 Å². The van der Waals surface area contributed by atoms with Gasteiger partial charge in [0, 0.05) is 13.7 Å². The summed E-state index contributed by atoms with van der Waals surface area (Å²) in [4.78, 5) is 41.3. The Morgan fingerprint density at radius 2 is 1.76 bits per heavy atom. The Labute approximate surface area is 145 Å². The molecule has 3 rings (SSSR count). The van der Waals surface area contributed by atoms with Crippen molar-refractivity contribution in [2.24, 2.45) is 0 Å². The first-order valence-corrected chi connectivity index (χ1v) is 7.78. The molecule has 3 N–H and O–H groups in total. The molecule has 3 amide bonds. The van der Waals surface area contributed by atoms with Gasteiger partial charge in [0.15, 0.2) is 0 Å². The highest BCUT2D eigenvalue weighted by molar-refractivity contribution is 6.20. The molecule has 0 unspecified atom stereocenters. The van der Waals surface area contributed by atoms with Crippen LogP contribution in [0.15, 0.2) is 48.5 Å². The van der Waals surface area contributed by atoms with Gasteiger partial charge in [-0.3, -0.25) is 19.2 Å². The number of nitrogen functional groups attached to an aromatic ring is 1. The van der Waals surface area contributed by atoms with Crippen molar-refractivity contribution in [3.05, 3.63) is 65.2 Å². The lowest BCUT2D eigenvalue weighted by molar-refractivity contribution is -0.122. The van der Waals surface area contributed by atoms with E-state index in [2.05, 4.69) is 5.32 Å². The average Bonchev–Trinajstić information content (AvgIpc) is 2.84. The topological polar surface area (TPSA) is 102 Å². The standard InChI is InChI=1S/C18H17N3O4.H2/c19-13-5-3-4-12(10-13)11-16(22)20-8-9-25-21-17(23)14-6-1-2-7-15(14)18(21)24;/h1-7,10H,8-9,11,19H2,(H,20,22);1H. The number of benzene rings is 2. The fourth-order valence-corrected chi connectivity index (χ4v) is 2.56. The van der Waals surface area contributed by atoms with Crippen LogP contribution in [0.4, 0.5) is 5.69 Å². The van der Waals surface area contributed by atoms with Gasteiger partial charge in [0.2, 0.25) is 5.91 Å². The molecule has 0 spiro atoms. The minimum Gasteiger partial charge on any atom is -0.399 e. The van der Waals surface area contributed by atoms with Crippen molar-refractivity contribution in [2.45, 2.75) is 6.42 Å². The number of amides is 3. The van der Waals surface area contributed by atoms with Crippen LogP contribution in [0, 0.1) is 0 Å². The van der Waals surface area contributed by atoms with E-state index in [0.29, 0.717) is 16.8 Å². The van der Waals surface area contributed by atoms with E-state index in [9.17, 15) is 14.4 Å². The van der Waals surface area contributed by atoms with Gasteiger partial charge in [-0.15, -0.1) is 5.06 Å². The monoisotopic (exact) mass is 341 g/mol. The minimum atomic E-state index is -0.494. The molecule has 130 valence electrons. The van der Waals surface area contributed by atoms with Crippen LogP contribution < -0.4 is 11.1 Å². The predicted octanol–water partition coefficient (Wildman–Crippen LogP) is 1.40. The number of nitrogens with one attached hydrogen (secondary N) is 1. The smallest absolute Gasteiger partial charge is 0.285 e. The highest BCUT2D eigenvalue weighted by Crippen LogP contribution is 2.22. The number of anilines is 1. The number of carbonyl (C=O) groups excluding carboxylic acids is 3. The number of fused-ring (bicyclic) bond motifs is 1. The van der Waals surface area contributed by atoms with Crippen LogP contribution in [0.5, 0.6) is 0 Å². The van der Waals surface area contributed by atoms with Gasteiger partial charge in [-0.2, -0.15) is 0 Å². The van der Waals surface area contributed by atoms with Crippen molar-refractivity contribution in [1.29, 1.82) is 0 Å². The largest absolute Gasteiger partial charge is 0.399 e. The Bertz CT molecular complexity index is 806. The van der Waals surface area contributed by atoms with Crippen molar-refractivity contribution >= 4 is 23.4 Å². The van der Waals surface area contributed by atoms with Gasteiger partial charge in [-0.05, 0) is 29.8 Å². The Balaban J connectivity index is 0.00000243. The van der Waals surface area contributed by atoms with Gasteiger partial charge in [0.25, 0.3) is 11.8 Å². The van der Waals surface area contributed by atoms with Crippen LogP contribution in [-0.4, -0.2) is 35.9 Å². The highest BCUT2D eigenvalue weighted by atomic mass is 16.7. The molecule has 2 aromatic carbocycles. The van der Waals surface area contributed by atoms with Crippen molar-refractivity contribution < 1.29 is 20.6 Å². The second-order valence-corrected chi connectivity index (χ2v) is 5.56. The zero-order valence-electron chi connectivity index (χ0n) is 13.4. The Kier molecular flexibility index (Phi) is 4.76. The van der Waals surface area contributed by atoms with E-state index in [1.165, 1.54) is 0 Å². The SMILES string of the molecule is Nc1cccc(CC(=O)NCCON2C(=O)c3ccccc3C2=O)c1.[HH]. The quantitative estimate of drug-likeness (QED) is 0.470. The molecule has 0 saturated carbocycles. The number of hydrogen-bond acceptors (Lipinski definition) is 5. The summed E-state index contributed by atoms with van der Waals surface area (Å²) in [7, 11) is 0. The molecule has 0 saturated heterocycles. The van der Waals surface area contributed by atoms with E-state index in [4.69, 9.17) is 10.6 Å². The second kappa shape index (κ2) is 7.14. The lowest BCUT2D eigenvalue weighted by Crippen LogP contribution is -2.35. The molecule has 1 heterocycles. The van der Waals surface area contributed by atoms with E-state index in [1.807, 2.05) is 6.07 Å². The molecular formula is C18H19N3O4. The molecule has 7 heteroatoms. The van der Waals surface area contributed by atoms with Crippen LogP contribution >= 0.6 is 0 Å². The van der Waals surface area contributed by atoms with E-state index in [0.717, 1.165) is 10.6 Å². The summed E-state index contributed by atoms with van der Waals surface area (Å²) in [5.41, 5.74) is 7.70. The van der Waals surface area contributed by atoms with Gasteiger partial charge >= 0.3 is 0 Å². The lowest BCUT2D eigenvalue weighted by Gasteiger charge is -2.13. The first-order chi connectivity index (χ1) is 12.1. The number of nitrogens with two attached hydrogens (primary N) is 1. The fourth-order valence-electron chi connectivity index (χ4n) is 2.56. The lowest BCUT2D eigenvalue weighted by atomic mass is 10.1. The third-order valence-electron chi connectivity index (χ3n) is 3.72.